The molecule has 220 valence electrons. The number of rotatable bonds is 13. The molecule has 1 saturated heterocycles. The predicted octanol–water partition coefficient (Wildman–Crippen LogP) is 8.08. The van der Waals surface area contributed by atoms with Gasteiger partial charge in [0.05, 0.1) is 29.1 Å². The first-order chi connectivity index (χ1) is 19.2. The maximum Gasteiger partial charge on any atom is 0.416 e. The molecule has 2 aromatic carbocycles. The fourth-order valence-electron chi connectivity index (χ4n) is 5.30. The standard InChI is InChI=1S/C31H41F3N2O3S/c1-3-4-5-6-12-29(37)38-21-22-39-30(2)15-19-35(20-16-30)17-9-18-36-25-10-7-8-11-27(25)40-28-14-13-24(23-26(28)36)31(32,33)34/h7-8,10-11,13-14,23H,3-6,9,12,15-22H2,1-2H3. The summed E-state index contributed by atoms with van der Waals surface area (Å²) in [4.78, 5) is 18.2. The van der Waals surface area contributed by atoms with Gasteiger partial charge in [-0.1, -0.05) is 50.1 Å². The van der Waals surface area contributed by atoms with Crippen LogP contribution in [0.2, 0.25) is 0 Å². The average molecular weight is 579 g/mol. The van der Waals surface area contributed by atoms with Gasteiger partial charge < -0.3 is 19.3 Å². The molecule has 0 saturated carbocycles. The maximum absolute atomic E-state index is 13.5. The highest BCUT2D eigenvalue weighted by Crippen LogP contribution is 2.49. The molecule has 2 aliphatic heterocycles. The van der Waals surface area contributed by atoms with E-state index in [9.17, 15) is 18.0 Å². The molecule has 0 spiro atoms. The molecule has 1 fully saturated rings. The Kier molecular flexibility index (Phi) is 10.8. The van der Waals surface area contributed by atoms with Gasteiger partial charge >= 0.3 is 12.1 Å². The predicted molar refractivity (Wildman–Crippen MR) is 153 cm³/mol. The van der Waals surface area contributed by atoms with E-state index >= 15 is 0 Å². The highest BCUT2D eigenvalue weighted by atomic mass is 32.2. The topological polar surface area (TPSA) is 42.0 Å². The molecule has 2 aromatic rings. The molecule has 0 N–H and O–H groups in total. The molecule has 0 bridgehead atoms. The van der Waals surface area contributed by atoms with Crippen LogP contribution >= 0.6 is 11.8 Å². The number of halogens is 3. The van der Waals surface area contributed by atoms with Crippen LogP contribution in [0.4, 0.5) is 24.5 Å². The van der Waals surface area contributed by atoms with Gasteiger partial charge in [0.25, 0.3) is 0 Å². The minimum atomic E-state index is -4.37. The van der Waals surface area contributed by atoms with Crippen LogP contribution in [0.25, 0.3) is 0 Å². The molecule has 40 heavy (non-hydrogen) atoms. The summed E-state index contributed by atoms with van der Waals surface area (Å²) in [6, 6.07) is 11.9. The minimum Gasteiger partial charge on any atom is -0.463 e. The number of benzene rings is 2. The number of hydrogen-bond donors (Lipinski definition) is 0. The fourth-order valence-corrected chi connectivity index (χ4v) is 6.38. The number of esters is 1. The Labute approximate surface area is 240 Å². The maximum atomic E-state index is 13.5. The summed E-state index contributed by atoms with van der Waals surface area (Å²) in [7, 11) is 0. The van der Waals surface area contributed by atoms with E-state index in [2.05, 4.69) is 18.7 Å². The van der Waals surface area contributed by atoms with Crippen molar-refractivity contribution >= 4 is 29.1 Å². The molecule has 0 amide bonds. The Morgan fingerprint density at radius 3 is 2.45 bits per heavy atom. The Morgan fingerprint density at radius 2 is 1.70 bits per heavy atom. The summed E-state index contributed by atoms with van der Waals surface area (Å²) in [6.07, 6.45) is 2.95. The third-order valence-electron chi connectivity index (χ3n) is 7.75. The first-order valence-corrected chi connectivity index (χ1v) is 15.3. The molecule has 9 heteroatoms. The third-order valence-corrected chi connectivity index (χ3v) is 8.88. The van der Waals surface area contributed by atoms with E-state index in [0.717, 1.165) is 80.1 Å². The van der Waals surface area contributed by atoms with Crippen LogP contribution < -0.4 is 4.90 Å². The van der Waals surface area contributed by atoms with E-state index in [-0.39, 0.29) is 11.6 Å². The number of carbonyl (C=O) groups excluding carboxylic acids is 1. The number of alkyl halides is 3. The monoisotopic (exact) mass is 578 g/mol. The molecule has 0 unspecified atom stereocenters. The van der Waals surface area contributed by atoms with Gasteiger partial charge in [0.1, 0.15) is 6.61 Å². The van der Waals surface area contributed by atoms with E-state index in [1.54, 1.807) is 6.07 Å². The molecule has 0 aromatic heterocycles. The van der Waals surface area contributed by atoms with E-state index in [1.807, 2.05) is 29.2 Å². The van der Waals surface area contributed by atoms with Gasteiger partial charge in [0.2, 0.25) is 0 Å². The van der Waals surface area contributed by atoms with Crippen LogP contribution in [0, 0.1) is 0 Å². The highest BCUT2D eigenvalue weighted by Gasteiger charge is 2.34. The van der Waals surface area contributed by atoms with Crippen molar-refractivity contribution in [3.63, 3.8) is 0 Å². The van der Waals surface area contributed by atoms with Gasteiger partial charge in [-0.2, -0.15) is 13.2 Å². The molecule has 5 nitrogen and oxygen atoms in total. The summed E-state index contributed by atoms with van der Waals surface area (Å²) in [5, 5.41) is 0. The van der Waals surface area contributed by atoms with Gasteiger partial charge in [-0.15, -0.1) is 0 Å². The molecular weight excluding hydrogens is 537 g/mol. The molecule has 2 aliphatic rings. The van der Waals surface area contributed by atoms with Crippen LogP contribution in [-0.2, 0) is 20.4 Å². The van der Waals surface area contributed by atoms with Crippen molar-refractivity contribution in [2.24, 2.45) is 0 Å². The number of fused-ring (bicyclic) bond motifs is 2. The van der Waals surface area contributed by atoms with Crippen LogP contribution in [0.15, 0.2) is 52.3 Å². The largest absolute Gasteiger partial charge is 0.463 e. The zero-order valence-electron chi connectivity index (χ0n) is 23.6. The second-order valence-electron chi connectivity index (χ2n) is 10.9. The number of para-hydroxylation sites is 1. The summed E-state index contributed by atoms with van der Waals surface area (Å²) in [5.74, 6) is -0.146. The van der Waals surface area contributed by atoms with Crippen molar-refractivity contribution in [1.82, 2.24) is 4.90 Å². The van der Waals surface area contributed by atoms with Crippen LogP contribution in [0.3, 0.4) is 0 Å². The second-order valence-corrected chi connectivity index (χ2v) is 12.0. The molecule has 0 aliphatic carbocycles. The van der Waals surface area contributed by atoms with Crippen molar-refractivity contribution in [2.45, 2.75) is 86.8 Å². The summed E-state index contributed by atoms with van der Waals surface area (Å²) >= 11 is 1.52. The van der Waals surface area contributed by atoms with Gasteiger partial charge in [-0.05, 0) is 69.5 Å². The van der Waals surface area contributed by atoms with Crippen molar-refractivity contribution in [1.29, 1.82) is 0 Å². The second kappa shape index (κ2) is 14.1. The lowest BCUT2D eigenvalue weighted by atomic mass is 9.93. The smallest absolute Gasteiger partial charge is 0.416 e. The summed E-state index contributed by atoms with van der Waals surface area (Å²) in [5.41, 5.74) is 0.730. The number of anilines is 2. The molecule has 0 atom stereocenters. The minimum absolute atomic E-state index is 0.146. The third kappa shape index (κ3) is 8.40. The van der Waals surface area contributed by atoms with Crippen molar-refractivity contribution < 1.29 is 27.4 Å². The molecule has 4 rings (SSSR count). The number of carbonyl (C=O) groups is 1. The number of nitrogens with zero attached hydrogens (tertiary/aromatic N) is 2. The van der Waals surface area contributed by atoms with Gasteiger partial charge in [-0.25, -0.2) is 0 Å². The highest BCUT2D eigenvalue weighted by molar-refractivity contribution is 7.99. The zero-order chi connectivity index (χ0) is 28.6. The number of likely N-dealkylation sites (tertiary alicyclic amines) is 1. The molecular formula is C31H41F3N2O3S. The number of hydrogen-bond acceptors (Lipinski definition) is 6. The molecule has 2 heterocycles. The Balaban J connectivity index is 1.23. The van der Waals surface area contributed by atoms with Crippen LogP contribution in [-0.4, -0.2) is 55.9 Å². The van der Waals surface area contributed by atoms with Gasteiger partial charge in [-0.3, -0.25) is 4.79 Å². The Hall–Kier alpha value is -2.23. The van der Waals surface area contributed by atoms with Crippen molar-refractivity contribution in [3.05, 3.63) is 48.0 Å². The first kappa shape index (κ1) is 30.7. The summed E-state index contributed by atoms with van der Waals surface area (Å²) < 4.78 is 51.9. The number of piperidine rings is 1. The Bertz CT molecular complexity index is 1120. The average Bonchev–Trinajstić information content (AvgIpc) is 2.93. The van der Waals surface area contributed by atoms with E-state index in [4.69, 9.17) is 9.47 Å². The number of ether oxygens (including phenoxy) is 2. The van der Waals surface area contributed by atoms with Crippen molar-refractivity contribution in [2.75, 3.05) is 44.3 Å². The van der Waals surface area contributed by atoms with Gasteiger partial charge in [0.15, 0.2) is 0 Å². The lowest BCUT2D eigenvalue weighted by molar-refractivity contribution is -0.149. The summed E-state index contributed by atoms with van der Waals surface area (Å²) in [6.45, 7) is 8.26. The van der Waals surface area contributed by atoms with Gasteiger partial charge in [0, 0.05) is 35.8 Å². The lowest BCUT2D eigenvalue weighted by Crippen LogP contribution is -2.45. The SMILES string of the molecule is CCCCCCC(=O)OCCOC1(C)CCN(CCCN2c3ccccc3Sc3ccc(C(F)(F)F)cc32)CC1. The Morgan fingerprint density at radius 1 is 0.950 bits per heavy atom. The molecule has 0 radical (unpaired) electrons. The van der Waals surface area contributed by atoms with E-state index in [0.29, 0.717) is 31.9 Å². The number of unbranched alkanes of at least 4 members (excludes halogenated alkanes) is 3. The van der Waals surface area contributed by atoms with E-state index < -0.39 is 11.7 Å². The van der Waals surface area contributed by atoms with Crippen LogP contribution in [0.1, 0.15) is 70.8 Å². The fraction of sp³-hybridized carbons (Fsp3) is 0.581. The normalized spacial score (nSPS) is 16.9. The lowest BCUT2D eigenvalue weighted by Gasteiger charge is -2.39. The zero-order valence-corrected chi connectivity index (χ0v) is 24.4. The van der Waals surface area contributed by atoms with E-state index in [1.165, 1.54) is 23.9 Å². The van der Waals surface area contributed by atoms with Crippen molar-refractivity contribution in [3.8, 4) is 0 Å². The first-order valence-electron chi connectivity index (χ1n) is 14.5. The quantitative estimate of drug-likeness (QED) is 0.177. The van der Waals surface area contributed by atoms with Crippen LogP contribution in [0.5, 0.6) is 0 Å².